The minimum Gasteiger partial charge on any atom is -0.497 e. The highest BCUT2D eigenvalue weighted by Gasteiger charge is 2.06. The summed E-state index contributed by atoms with van der Waals surface area (Å²) >= 11 is 6.15. The van der Waals surface area contributed by atoms with Crippen molar-refractivity contribution >= 4 is 17.4 Å². The van der Waals surface area contributed by atoms with Gasteiger partial charge in [0.15, 0.2) is 0 Å². The first kappa shape index (κ1) is 11.7. The molecule has 0 aliphatic carbocycles. The molecule has 5 heteroatoms. The van der Waals surface area contributed by atoms with E-state index >= 15 is 0 Å². The van der Waals surface area contributed by atoms with Gasteiger partial charge in [-0.2, -0.15) is 0 Å². The number of nitrogens with zero attached hydrogens (tertiary/aromatic N) is 2. The average molecular weight is 250 g/mol. The molecule has 17 heavy (non-hydrogen) atoms. The number of aromatic nitrogens is 2. The lowest BCUT2D eigenvalue weighted by Gasteiger charge is -2.06. The molecule has 0 spiro atoms. The second-order valence-electron chi connectivity index (χ2n) is 3.40. The normalized spacial score (nSPS) is 10.1. The fourth-order valence-electron chi connectivity index (χ4n) is 1.44. The van der Waals surface area contributed by atoms with Crippen LogP contribution in [0.15, 0.2) is 30.3 Å². The summed E-state index contributed by atoms with van der Waals surface area (Å²) in [7, 11) is 3.40. The third kappa shape index (κ3) is 2.47. The van der Waals surface area contributed by atoms with Gasteiger partial charge < -0.3 is 10.1 Å². The highest BCUT2D eigenvalue weighted by atomic mass is 35.5. The Bertz CT molecular complexity index is 514. The molecule has 1 aromatic heterocycles. The summed E-state index contributed by atoms with van der Waals surface area (Å²) in [5.74, 6) is 1.44. The number of benzene rings is 1. The molecule has 1 heterocycles. The molecule has 1 N–H and O–H groups in total. The molecule has 0 saturated heterocycles. The SMILES string of the molecule is CNc1ccc(-c2ccc(OC)cc2Cl)nn1. The van der Waals surface area contributed by atoms with Crippen molar-refractivity contribution in [3.8, 4) is 17.0 Å². The molecule has 0 radical (unpaired) electrons. The molecule has 2 rings (SSSR count). The van der Waals surface area contributed by atoms with Crippen LogP contribution in [0.1, 0.15) is 0 Å². The molecule has 0 aliphatic rings. The Morgan fingerprint density at radius 2 is 2.00 bits per heavy atom. The number of hydrogen-bond donors (Lipinski definition) is 1. The Labute approximate surface area is 105 Å². The Hall–Kier alpha value is -1.81. The predicted octanol–water partition coefficient (Wildman–Crippen LogP) is 2.85. The number of anilines is 1. The molecule has 4 nitrogen and oxygen atoms in total. The van der Waals surface area contributed by atoms with Crippen molar-refractivity contribution in [2.75, 3.05) is 19.5 Å². The van der Waals surface area contributed by atoms with Gasteiger partial charge in [0.1, 0.15) is 11.6 Å². The lowest BCUT2D eigenvalue weighted by atomic mass is 10.1. The van der Waals surface area contributed by atoms with E-state index in [4.69, 9.17) is 16.3 Å². The van der Waals surface area contributed by atoms with Crippen molar-refractivity contribution in [3.63, 3.8) is 0 Å². The minimum absolute atomic E-state index is 0.593. The molecule has 0 amide bonds. The third-order valence-electron chi connectivity index (χ3n) is 2.37. The lowest BCUT2D eigenvalue weighted by molar-refractivity contribution is 0.415. The van der Waals surface area contributed by atoms with Crippen molar-refractivity contribution in [1.82, 2.24) is 10.2 Å². The Morgan fingerprint density at radius 1 is 1.18 bits per heavy atom. The topological polar surface area (TPSA) is 47.0 Å². The summed E-state index contributed by atoms with van der Waals surface area (Å²) in [4.78, 5) is 0. The zero-order valence-electron chi connectivity index (χ0n) is 9.57. The summed E-state index contributed by atoms with van der Waals surface area (Å²) in [6.07, 6.45) is 0. The first-order valence-corrected chi connectivity index (χ1v) is 5.48. The minimum atomic E-state index is 0.593. The van der Waals surface area contributed by atoms with Crippen LogP contribution in [0, 0.1) is 0 Å². The number of rotatable bonds is 3. The van der Waals surface area contributed by atoms with Gasteiger partial charge >= 0.3 is 0 Å². The van der Waals surface area contributed by atoms with Crippen LogP contribution in [0.2, 0.25) is 5.02 Å². The summed E-state index contributed by atoms with van der Waals surface area (Å²) in [6.45, 7) is 0. The van der Waals surface area contributed by atoms with Gasteiger partial charge in [-0.15, -0.1) is 10.2 Å². The summed E-state index contributed by atoms with van der Waals surface area (Å²) in [6, 6.07) is 9.18. The molecule has 0 bridgehead atoms. The van der Waals surface area contributed by atoms with Crippen molar-refractivity contribution in [2.45, 2.75) is 0 Å². The zero-order valence-corrected chi connectivity index (χ0v) is 10.3. The van der Waals surface area contributed by atoms with Crippen LogP contribution in [0.4, 0.5) is 5.82 Å². The van der Waals surface area contributed by atoms with Crippen LogP contribution in [0.25, 0.3) is 11.3 Å². The standard InChI is InChI=1S/C12H12ClN3O/c1-14-12-6-5-11(15-16-12)9-4-3-8(17-2)7-10(9)13/h3-7H,1-2H3,(H,14,16). The van der Waals surface area contributed by atoms with Crippen LogP contribution in [-0.2, 0) is 0 Å². The van der Waals surface area contributed by atoms with Crippen LogP contribution in [-0.4, -0.2) is 24.4 Å². The highest BCUT2D eigenvalue weighted by molar-refractivity contribution is 6.33. The maximum atomic E-state index is 6.15. The molecule has 1 aromatic carbocycles. The second-order valence-corrected chi connectivity index (χ2v) is 3.81. The smallest absolute Gasteiger partial charge is 0.148 e. The number of ether oxygens (including phenoxy) is 1. The number of hydrogen-bond acceptors (Lipinski definition) is 4. The molecular formula is C12H12ClN3O. The summed E-state index contributed by atoms with van der Waals surface area (Å²) < 4.78 is 5.09. The van der Waals surface area contributed by atoms with E-state index in [1.807, 2.05) is 24.3 Å². The van der Waals surface area contributed by atoms with E-state index in [2.05, 4.69) is 15.5 Å². The third-order valence-corrected chi connectivity index (χ3v) is 2.69. The molecular weight excluding hydrogens is 238 g/mol. The van der Waals surface area contributed by atoms with Gasteiger partial charge in [0.2, 0.25) is 0 Å². The molecule has 0 fully saturated rings. The monoisotopic (exact) mass is 249 g/mol. The first-order chi connectivity index (χ1) is 8.24. The van der Waals surface area contributed by atoms with Crippen LogP contribution in [0.5, 0.6) is 5.75 Å². The maximum Gasteiger partial charge on any atom is 0.148 e. The maximum absolute atomic E-state index is 6.15. The second kappa shape index (κ2) is 5.01. The van der Waals surface area contributed by atoms with Gasteiger partial charge in [0, 0.05) is 12.6 Å². The van der Waals surface area contributed by atoms with E-state index in [0.29, 0.717) is 5.02 Å². The largest absolute Gasteiger partial charge is 0.497 e. The Kier molecular flexibility index (Phi) is 3.44. The van der Waals surface area contributed by atoms with Crippen molar-refractivity contribution in [3.05, 3.63) is 35.4 Å². The zero-order chi connectivity index (χ0) is 12.3. The lowest BCUT2D eigenvalue weighted by Crippen LogP contribution is -1.95. The molecule has 0 atom stereocenters. The quantitative estimate of drug-likeness (QED) is 0.909. The van der Waals surface area contributed by atoms with E-state index in [1.165, 1.54) is 0 Å². The fourth-order valence-corrected chi connectivity index (χ4v) is 1.71. The number of methoxy groups -OCH3 is 1. The van der Waals surface area contributed by atoms with Crippen LogP contribution >= 0.6 is 11.6 Å². The summed E-state index contributed by atoms with van der Waals surface area (Å²) in [5.41, 5.74) is 1.57. The number of halogens is 1. The Balaban J connectivity index is 2.38. The van der Waals surface area contributed by atoms with Crippen LogP contribution < -0.4 is 10.1 Å². The van der Waals surface area contributed by atoms with Crippen molar-refractivity contribution in [1.29, 1.82) is 0 Å². The molecule has 0 aliphatic heterocycles. The van der Waals surface area contributed by atoms with Crippen molar-refractivity contribution in [2.24, 2.45) is 0 Å². The fraction of sp³-hybridized carbons (Fsp3) is 0.167. The van der Waals surface area contributed by atoms with Gasteiger partial charge in [-0.05, 0) is 30.3 Å². The van der Waals surface area contributed by atoms with Gasteiger partial charge in [0.05, 0.1) is 17.8 Å². The molecule has 0 saturated carbocycles. The number of nitrogens with one attached hydrogen (secondary N) is 1. The van der Waals surface area contributed by atoms with E-state index in [-0.39, 0.29) is 0 Å². The van der Waals surface area contributed by atoms with E-state index in [9.17, 15) is 0 Å². The van der Waals surface area contributed by atoms with Crippen LogP contribution in [0.3, 0.4) is 0 Å². The average Bonchev–Trinajstić information content (AvgIpc) is 2.39. The highest BCUT2D eigenvalue weighted by Crippen LogP contribution is 2.29. The van der Waals surface area contributed by atoms with Gasteiger partial charge in [-0.1, -0.05) is 11.6 Å². The van der Waals surface area contributed by atoms with E-state index in [1.54, 1.807) is 20.2 Å². The van der Waals surface area contributed by atoms with Gasteiger partial charge in [0.25, 0.3) is 0 Å². The molecule has 0 unspecified atom stereocenters. The van der Waals surface area contributed by atoms with Crippen molar-refractivity contribution < 1.29 is 4.74 Å². The van der Waals surface area contributed by atoms with E-state index in [0.717, 1.165) is 22.8 Å². The predicted molar refractivity (Wildman–Crippen MR) is 68.6 cm³/mol. The molecule has 88 valence electrons. The van der Waals surface area contributed by atoms with Gasteiger partial charge in [-0.25, -0.2) is 0 Å². The van der Waals surface area contributed by atoms with E-state index < -0.39 is 0 Å². The Morgan fingerprint density at radius 3 is 2.53 bits per heavy atom. The first-order valence-electron chi connectivity index (χ1n) is 5.10. The molecule has 2 aromatic rings. The summed E-state index contributed by atoms with van der Waals surface area (Å²) in [5, 5.41) is 11.6. The van der Waals surface area contributed by atoms with Gasteiger partial charge in [-0.3, -0.25) is 0 Å².